The summed E-state index contributed by atoms with van der Waals surface area (Å²) in [6.07, 6.45) is 0.973. The van der Waals surface area contributed by atoms with E-state index in [-0.39, 0.29) is 11.9 Å². The molecular weight excluding hydrogens is 256 g/mol. The van der Waals surface area contributed by atoms with Gasteiger partial charge in [0.15, 0.2) is 0 Å². The van der Waals surface area contributed by atoms with Crippen LogP contribution in [0.1, 0.15) is 29.3 Å². The smallest absolute Gasteiger partial charge is 0.337 e. The lowest BCUT2D eigenvalue weighted by Gasteiger charge is -1.98. The van der Waals surface area contributed by atoms with Crippen molar-refractivity contribution >= 4 is 11.9 Å². The summed E-state index contributed by atoms with van der Waals surface area (Å²) in [6.45, 7) is 1.86. The van der Waals surface area contributed by atoms with Gasteiger partial charge < -0.3 is 9.47 Å². The van der Waals surface area contributed by atoms with E-state index in [4.69, 9.17) is 4.74 Å². The van der Waals surface area contributed by atoms with Crippen molar-refractivity contribution in [2.24, 2.45) is 11.8 Å². The number of methoxy groups -OCH3 is 1. The molecule has 1 saturated carbocycles. The number of esters is 2. The Labute approximate surface area is 118 Å². The molecule has 0 saturated heterocycles. The standard InChI is InChI=1S/C16H16O4/c1-11(17)20-10-15-9-14(15)8-5-12-3-6-13(7-4-12)16(18)19-2/h3-4,6-7,14-15H,9-10H2,1-2H3/t14-,15+/m1/s1. The van der Waals surface area contributed by atoms with Gasteiger partial charge in [0.25, 0.3) is 0 Å². The maximum Gasteiger partial charge on any atom is 0.337 e. The van der Waals surface area contributed by atoms with Crippen molar-refractivity contribution in [1.29, 1.82) is 0 Å². The topological polar surface area (TPSA) is 52.6 Å². The second-order valence-electron chi connectivity index (χ2n) is 4.74. The number of carbonyl (C=O) groups is 2. The van der Waals surface area contributed by atoms with Gasteiger partial charge in [-0.1, -0.05) is 11.8 Å². The van der Waals surface area contributed by atoms with E-state index in [1.165, 1.54) is 14.0 Å². The number of benzene rings is 1. The molecular formula is C16H16O4. The molecule has 0 aliphatic heterocycles. The Morgan fingerprint density at radius 1 is 1.30 bits per heavy atom. The third-order valence-electron chi connectivity index (χ3n) is 3.13. The third kappa shape index (κ3) is 3.86. The monoisotopic (exact) mass is 272 g/mol. The first-order valence-electron chi connectivity index (χ1n) is 6.43. The first kappa shape index (κ1) is 14.1. The first-order valence-corrected chi connectivity index (χ1v) is 6.43. The maximum absolute atomic E-state index is 11.3. The predicted molar refractivity (Wildman–Crippen MR) is 72.9 cm³/mol. The molecule has 4 heteroatoms. The summed E-state index contributed by atoms with van der Waals surface area (Å²) in [7, 11) is 1.35. The Morgan fingerprint density at radius 2 is 2.00 bits per heavy atom. The van der Waals surface area contributed by atoms with Crippen molar-refractivity contribution in [3.05, 3.63) is 35.4 Å². The third-order valence-corrected chi connectivity index (χ3v) is 3.13. The number of hydrogen-bond donors (Lipinski definition) is 0. The average molecular weight is 272 g/mol. The molecule has 0 bridgehead atoms. The van der Waals surface area contributed by atoms with Crippen LogP contribution >= 0.6 is 0 Å². The number of ether oxygens (including phenoxy) is 2. The Morgan fingerprint density at radius 3 is 2.60 bits per heavy atom. The lowest BCUT2D eigenvalue weighted by atomic mass is 10.1. The predicted octanol–water partition coefficient (Wildman–Crippen LogP) is 2.02. The van der Waals surface area contributed by atoms with Crippen LogP contribution < -0.4 is 0 Å². The van der Waals surface area contributed by atoms with Gasteiger partial charge in [0, 0.05) is 24.3 Å². The molecule has 0 heterocycles. The summed E-state index contributed by atoms with van der Waals surface area (Å²) in [6, 6.07) is 6.98. The van der Waals surface area contributed by atoms with E-state index in [1.54, 1.807) is 24.3 Å². The Balaban J connectivity index is 1.88. The molecule has 0 N–H and O–H groups in total. The minimum atomic E-state index is -0.354. The van der Waals surface area contributed by atoms with Gasteiger partial charge in [-0.05, 0) is 30.7 Å². The van der Waals surface area contributed by atoms with Crippen molar-refractivity contribution in [1.82, 2.24) is 0 Å². The molecule has 1 aromatic rings. The SMILES string of the molecule is COC(=O)c1ccc(C#C[C@@H]2C[C@H]2COC(C)=O)cc1. The fraction of sp³-hybridized carbons (Fsp3) is 0.375. The van der Waals surface area contributed by atoms with E-state index in [2.05, 4.69) is 16.6 Å². The van der Waals surface area contributed by atoms with E-state index in [0.717, 1.165) is 12.0 Å². The molecule has 20 heavy (non-hydrogen) atoms. The molecule has 1 aliphatic rings. The van der Waals surface area contributed by atoms with E-state index >= 15 is 0 Å². The zero-order valence-electron chi connectivity index (χ0n) is 11.5. The molecule has 1 aromatic carbocycles. The average Bonchev–Trinajstić information content (AvgIpc) is 3.21. The highest BCUT2D eigenvalue weighted by Gasteiger charge is 2.36. The summed E-state index contributed by atoms with van der Waals surface area (Å²) < 4.78 is 9.57. The van der Waals surface area contributed by atoms with Crippen LogP contribution in [0.4, 0.5) is 0 Å². The van der Waals surface area contributed by atoms with Crippen LogP contribution in [-0.2, 0) is 14.3 Å². The molecule has 0 spiro atoms. The van der Waals surface area contributed by atoms with E-state index in [9.17, 15) is 9.59 Å². The van der Waals surface area contributed by atoms with Gasteiger partial charge in [-0.2, -0.15) is 0 Å². The summed E-state index contributed by atoms with van der Waals surface area (Å²) in [5, 5.41) is 0. The van der Waals surface area contributed by atoms with Gasteiger partial charge in [0.2, 0.25) is 0 Å². The highest BCUT2D eigenvalue weighted by Crippen LogP contribution is 2.37. The van der Waals surface area contributed by atoms with Crippen molar-refractivity contribution in [3.8, 4) is 11.8 Å². The largest absolute Gasteiger partial charge is 0.466 e. The van der Waals surface area contributed by atoms with Crippen LogP contribution in [-0.4, -0.2) is 25.7 Å². The fourth-order valence-corrected chi connectivity index (χ4v) is 1.82. The molecule has 2 rings (SSSR count). The Kier molecular flexibility index (Phi) is 4.41. The van der Waals surface area contributed by atoms with Crippen LogP contribution in [0.2, 0.25) is 0 Å². The maximum atomic E-state index is 11.3. The van der Waals surface area contributed by atoms with E-state index in [1.807, 2.05) is 0 Å². The van der Waals surface area contributed by atoms with E-state index in [0.29, 0.717) is 24.0 Å². The van der Waals surface area contributed by atoms with Crippen LogP contribution in [0.5, 0.6) is 0 Å². The summed E-state index contributed by atoms with van der Waals surface area (Å²) in [5.74, 6) is 6.28. The zero-order valence-corrected chi connectivity index (χ0v) is 11.5. The van der Waals surface area contributed by atoms with E-state index < -0.39 is 0 Å². The van der Waals surface area contributed by atoms with Crippen molar-refractivity contribution < 1.29 is 19.1 Å². The van der Waals surface area contributed by atoms with Gasteiger partial charge in [-0.25, -0.2) is 4.79 Å². The number of rotatable bonds is 3. The molecule has 0 radical (unpaired) electrons. The van der Waals surface area contributed by atoms with Gasteiger partial charge in [-0.3, -0.25) is 4.79 Å². The molecule has 0 amide bonds. The molecule has 0 aromatic heterocycles. The normalized spacial score (nSPS) is 19.5. The van der Waals surface area contributed by atoms with Gasteiger partial charge in [-0.15, -0.1) is 0 Å². The van der Waals surface area contributed by atoms with Crippen LogP contribution in [0.3, 0.4) is 0 Å². The second kappa shape index (κ2) is 6.25. The van der Waals surface area contributed by atoms with Crippen LogP contribution in [0, 0.1) is 23.7 Å². The number of carbonyl (C=O) groups excluding carboxylic acids is 2. The van der Waals surface area contributed by atoms with Crippen molar-refractivity contribution in [2.45, 2.75) is 13.3 Å². The quantitative estimate of drug-likeness (QED) is 0.624. The molecule has 4 nitrogen and oxygen atoms in total. The molecule has 104 valence electrons. The lowest BCUT2D eigenvalue weighted by molar-refractivity contribution is -0.141. The molecule has 0 unspecified atom stereocenters. The summed E-state index contributed by atoms with van der Waals surface area (Å²) >= 11 is 0. The van der Waals surface area contributed by atoms with Gasteiger partial charge in [0.05, 0.1) is 19.3 Å². The highest BCUT2D eigenvalue weighted by atomic mass is 16.5. The summed E-state index contributed by atoms with van der Waals surface area (Å²) in [4.78, 5) is 21.9. The van der Waals surface area contributed by atoms with Gasteiger partial charge >= 0.3 is 11.9 Å². The molecule has 1 fully saturated rings. The Bertz CT molecular complexity index is 562. The Hall–Kier alpha value is -2.28. The highest BCUT2D eigenvalue weighted by molar-refractivity contribution is 5.89. The first-order chi connectivity index (χ1) is 9.60. The molecule has 2 atom stereocenters. The minimum absolute atomic E-state index is 0.248. The van der Waals surface area contributed by atoms with Crippen LogP contribution in [0.25, 0.3) is 0 Å². The fourth-order valence-electron chi connectivity index (χ4n) is 1.82. The second-order valence-corrected chi connectivity index (χ2v) is 4.74. The van der Waals surface area contributed by atoms with Crippen molar-refractivity contribution in [2.75, 3.05) is 13.7 Å². The zero-order chi connectivity index (χ0) is 14.5. The molecule has 1 aliphatic carbocycles. The number of hydrogen-bond acceptors (Lipinski definition) is 4. The van der Waals surface area contributed by atoms with Crippen molar-refractivity contribution in [3.63, 3.8) is 0 Å². The summed E-state index contributed by atoms with van der Waals surface area (Å²) in [5.41, 5.74) is 1.37. The van der Waals surface area contributed by atoms with Gasteiger partial charge in [0.1, 0.15) is 0 Å². The van der Waals surface area contributed by atoms with Crippen LogP contribution in [0.15, 0.2) is 24.3 Å². The lowest BCUT2D eigenvalue weighted by Crippen LogP contribution is -2.02. The minimum Gasteiger partial charge on any atom is -0.466 e.